The summed E-state index contributed by atoms with van der Waals surface area (Å²) in [6.45, 7) is 11.9. The molecule has 6 heteroatoms. The van der Waals surface area contributed by atoms with E-state index in [1.165, 1.54) is 16.7 Å². The number of carbonyl (C=O) groups is 1. The highest BCUT2D eigenvalue weighted by molar-refractivity contribution is 5.78. The Bertz CT molecular complexity index is 935. The van der Waals surface area contributed by atoms with E-state index in [1.54, 1.807) is 0 Å². The predicted octanol–water partition coefficient (Wildman–Crippen LogP) is 2.33. The maximum absolute atomic E-state index is 12.8. The van der Waals surface area contributed by atoms with E-state index in [9.17, 15) is 4.79 Å². The van der Waals surface area contributed by atoms with Gasteiger partial charge in [0.15, 0.2) is 0 Å². The molecular formula is C26H33N5O. The summed E-state index contributed by atoms with van der Waals surface area (Å²) >= 11 is 0. The van der Waals surface area contributed by atoms with E-state index in [-0.39, 0.29) is 5.91 Å². The maximum Gasteiger partial charge on any atom is 0.236 e. The van der Waals surface area contributed by atoms with Gasteiger partial charge in [-0.1, -0.05) is 36.4 Å². The Morgan fingerprint density at radius 1 is 0.812 bits per heavy atom. The Morgan fingerprint density at radius 2 is 1.41 bits per heavy atom. The molecule has 2 aliphatic heterocycles. The molecule has 6 nitrogen and oxygen atoms in total. The van der Waals surface area contributed by atoms with Crippen molar-refractivity contribution < 1.29 is 4.79 Å². The van der Waals surface area contributed by atoms with Gasteiger partial charge in [-0.15, -0.1) is 0 Å². The van der Waals surface area contributed by atoms with Gasteiger partial charge in [0.25, 0.3) is 0 Å². The van der Waals surface area contributed by atoms with Crippen molar-refractivity contribution in [2.24, 2.45) is 0 Å². The molecule has 0 unspecified atom stereocenters. The molecule has 2 aliphatic rings. The normalized spacial score (nSPS) is 18.4. The summed E-state index contributed by atoms with van der Waals surface area (Å²) in [4.78, 5) is 22.0. The van der Waals surface area contributed by atoms with Crippen LogP contribution in [0.25, 0.3) is 0 Å². The molecule has 0 N–H and O–H groups in total. The number of carbonyl (C=O) groups excluding carboxylic acids is 1. The van der Waals surface area contributed by atoms with E-state index in [0.717, 1.165) is 65.4 Å². The maximum atomic E-state index is 12.8. The monoisotopic (exact) mass is 431 g/mol. The second-order valence-corrected chi connectivity index (χ2v) is 8.94. The molecule has 0 radical (unpaired) electrons. The van der Waals surface area contributed by atoms with Crippen molar-refractivity contribution in [1.29, 1.82) is 5.26 Å². The minimum absolute atomic E-state index is 0.265. The molecule has 2 aromatic carbocycles. The van der Waals surface area contributed by atoms with Crippen molar-refractivity contribution in [3.8, 4) is 6.07 Å². The van der Waals surface area contributed by atoms with Crippen LogP contribution in [-0.4, -0.2) is 84.4 Å². The van der Waals surface area contributed by atoms with Crippen LogP contribution in [0.5, 0.6) is 0 Å². The summed E-state index contributed by atoms with van der Waals surface area (Å²) in [5, 5.41) is 8.93. The highest BCUT2D eigenvalue weighted by atomic mass is 16.2. The van der Waals surface area contributed by atoms with Crippen molar-refractivity contribution >= 4 is 5.91 Å². The first-order valence-electron chi connectivity index (χ1n) is 11.6. The Hall–Kier alpha value is -2.72. The Labute approximate surface area is 191 Å². The van der Waals surface area contributed by atoms with Gasteiger partial charge in [-0.2, -0.15) is 5.26 Å². The molecule has 2 heterocycles. The van der Waals surface area contributed by atoms with Crippen molar-refractivity contribution in [2.45, 2.75) is 20.0 Å². The zero-order valence-corrected chi connectivity index (χ0v) is 19.0. The van der Waals surface area contributed by atoms with Gasteiger partial charge in [0.1, 0.15) is 0 Å². The fourth-order valence-electron chi connectivity index (χ4n) is 4.52. The second-order valence-electron chi connectivity index (χ2n) is 8.94. The number of hydrogen-bond acceptors (Lipinski definition) is 5. The fraction of sp³-hybridized carbons (Fsp3) is 0.462. The molecule has 32 heavy (non-hydrogen) atoms. The Morgan fingerprint density at radius 3 is 2.06 bits per heavy atom. The quantitative estimate of drug-likeness (QED) is 0.703. The van der Waals surface area contributed by atoms with Gasteiger partial charge in [0.2, 0.25) is 5.91 Å². The van der Waals surface area contributed by atoms with Crippen LogP contribution < -0.4 is 0 Å². The topological polar surface area (TPSA) is 53.8 Å². The van der Waals surface area contributed by atoms with Crippen LogP contribution in [0.4, 0.5) is 0 Å². The number of aryl methyl sites for hydroxylation is 1. The van der Waals surface area contributed by atoms with E-state index >= 15 is 0 Å². The number of benzene rings is 2. The van der Waals surface area contributed by atoms with Crippen LogP contribution in [0.1, 0.15) is 22.3 Å². The summed E-state index contributed by atoms with van der Waals surface area (Å²) in [6, 6.07) is 18.6. The lowest BCUT2D eigenvalue weighted by Gasteiger charge is -2.38. The first-order valence-corrected chi connectivity index (χ1v) is 11.6. The largest absolute Gasteiger partial charge is 0.339 e. The highest BCUT2D eigenvalue weighted by Crippen LogP contribution is 2.14. The van der Waals surface area contributed by atoms with E-state index in [4.69, 9.17) is 5.26 Å². The van der Waals surface area contributed by atoms with Gasteiger partial charge in [-0.3, -0.25) is 19.5 Å². The zero-order valence-electron chi connectivity index (χ0n) is 19.0. The van der Waals surface area contributed by atoms with Crippen LogP contribution in [0.3, 0.4) is 0 Å². The molecule has 0 spiro atoms. The van der Waals surface area contributed by atoms with Gasteiger partial charge in [0.05, 0.1) is 18.2 Å². The molecule has 0 atom stereocenters. The zero-order chi connectivity index (χ0) is 22.3. The molecule has 1 amide bonds. The smallest absolute Gasteiger partial charge is 0.236 e. The lowest BCUT2D eigenvalue weighted by atomic mass is 10.1. The number of nitriles is 1. The summed E-state index contributed by atoms with van der Waals surface area (Å²) in [6.07, 6.45) is 0. The van der Waals surface area contributed by atoms with E-state index in [0.29, 0.717) is 12.1 Å². The van der Waals surface area contributed by atoms with Gasteiger partial charge in [0, 0.05) is 65.4 Å². The third-order valence-electron chi connectivity index (χ3n) is 6.69. The van der Waals surface area contributed by atoms with Crippen molar-refractivity contribution in [3.63, 3.8) is 0 Å². The lowest BCUT2D eigenvalue weighted by Crippen LogP contribution is -2.53. The molecule has 4 rings (SSSR count). The number of amides is 1. The minimum Gasteiger partial charge on any atom is -0.339 e. The van der Waals surface area contributed by atoms with Crippen LogP contribution in [0.2, 0.25) is 0 Å². The molecule has 2 aromatic rings. The summed E-state index contributed by atoms with van der Waals surface area (Å²) in [5.41, 5.74) is 4.65. The Balaban J connectivity index is 1.17. The van der Waals surface area contributed by atoms with Gasteiger partial charge >= 0.3 is 0 Å². The molecule has 0 saturated carbocycles. The molecule has 168 valence electrons. The highest BCUT2D eigenvalue weighted by Gasteiger charge is 2.25. The predicted molar refractivity (Wildman–Crippen MR) is 126 cm³/mol. The average molecular weight is 432 g/mol. The van der Waals surface area contributed by atoms with Gasteiger partial charge in [-0.05, 0) is 35.7 Å². The summed E-state index contributed by atoms with van der Waals surface area (Å²) in [7, 11) is 0. The van der Waals surface area contributed by atoms with Crippen molar-refractivity contribution in [1.82, 2.24) is 19.6 Å². The standard InChI is InChI=1S/C26H33N5O/c1-22-4-2-3-5-25(22)20-29-14-16-31(17-15-29)26(32)21-30-12-10-28(11-13-30)19-24-8-6-23(18-27)7-9-24/h2-9H,10-17,19-21H2,1H3. The van der Waals surface area contributed by atoms with E-state index in [2.05, 4.69) is 52.0 Å². The fourth-order valence-corrected chi connectivity index (χ4v) is 4.52. The first-order chi connectivity index (χ1) is 15.6. The molecule has 0 aromatic heterocycles. The second kappa shape index (κ2) is 10.7. The minimum atomic E-state index is 0.265. The first kappa shape index (κ1) is 22.5. The van der Waals surface area contributed by atoms with Crippen LogP contribution >= 0.6 is 0 Å². The molecule has 0 aliphatic carbocycles. The number of nitrogens with zero attached hydrogens (tertiary/aromatic N) is 5. The third-order valence-corrected chi connectivity index (χ3v) is 6.69. The summed E-state index contributed by atoms with van der Waals surface area (Å²) < 4.78 is 0. The molecular weight excluding hydrogens is 398 g/mol. The lowest BCUT2D eigenvalue weighted by molar-refractivity contribution is -0.134. The summed E-state index contributed by atoms with van der Waals surface area (Å²) in [5.74, 6) is 0.265. The van der Waals surface area contributed by atoms with Crippen LogP contribution in [0, 0.1) is 18.3 Å². The van der Waals surface area contributed by atoms with Crippen molar-refractivity contribution in [2.75, 3.05) is 58.9 Å². The van der Waals surface area contributed by atoms with Crippen LogP contribution in [0.15, 0.2) is 48.5 Å². The van der Waals surface area contributed by atoms with Gasteiger partial charge < -0.3 is 4.90 Å². The molecule has 2 fully saturated rings. The number of rotatable bonds is 6. The average Bonchev–Trinajstić information content (AvgIpc) is 2.83. The number of piperazine rings is 2. The van der Waals surface area contributed by atoms with E-state index in [1.807, 2.05) is 29.2 Å². The van der Waals surface area contributed by atoms with Gasteiger partial charge in [-0.25, -0.2) is 0 Å². The molecule has 0 bridgehead atoms. The van der Waals surface area contributed by atoms with Crippen molar-refractivity contribution in [3.05, 3.63) is 70.8 Å². The van der Waals surface area contributed by atoms with E-state index < -0.39 is 0 Å². The SMILES string of the molecule is Cc1ccccc1CN1CCN(C(=O)CN2CCN(Cc3ccc(C#N)cc3)CC2)CC1. The Kier molecular flexibility index (Phi) is 7.54. The molecule has 2 saturated heterocycles. The van der Waals surface area contributed by atoms with Crippen LogP contribution in [-0.2, 0) is 17.9 Å². The third kappa shape index (κ3) is 5.95. The number of hydrogen-bond donors (Lipinski definition) is 0.